The monoisotopic (exact) mass is 246 g/mol. The van der Waals surface area contributed by atoms with Crippen LogP contribution in [-0.2, 0) is 11.2 Å². The molecule has 0 spiro atoms. The summed E-state index contributed by atoms with van der Waals surface area (Å²) in [6.07, 6.45) is 6.87. The predicted molar refractivity (Wildman–Crippen MR) is 67.8 cm³/mol. The third kappa shape index (κ3) is 1.24. The molecule has 0 saturated heterocycles. The molecule has 0 amide bonds. The standard InChI is InChI=1S/C13H14N2OS/c1-6-4-9-8-5-11-12(15-13(14)17-11)7(8)2-3-10(9)16-6/h2-3,6-8H,4-5H2,1H3,(H2,14,15). The second-order valence-electron chi connectivity index (χ2n) is 5.08. The van der Waals surface area contributed by atoms with Crippen LogP contribution in [-0.4, -0.2) is 11.1 Å². The van der Waals surface area contributed by atoms with Crippen molar-refractivity contribution in [2.75, 3.05) is 5.73 Å². The number of allylic oxidation sites excluding steroid dienone is 2. The van der Waals surface area contributed by atoms with E-state index < -0.39 is 0 Å². The van der Waals surface area contributed by atoms with Gasteiger partial charge in [0.1, 0.15) is 5.76 Å². The second-order valence-corrected chi connectivity index (χ2v) is 6.19. The largest absolute Gasteiger partial charge is 0.490 e. The van der Waals surface area contributed by atoms with Gasteiger partial charge in [0.15, 0.2) is 5.13 Å². The Kier molecular flexibility index (Phi) is 1.79. The molecule has 3 nitrogen and oxygen atoms in total. The molecule has 0 saturated carbocycles. The van der Waals surface area contributed by atoms with E-state index in [9.17, 15) is 0 Å². The van der Waals surface area contributed by atoms with Gasteiger partial charge in [-0.2, -0.15) is 0 Å². The number of nitrogens with two attached hydrogens (primary N) is 1. The Morgan fingerprint density at radius 1 is 1.47 bits per heavy atom. The van der Waals surface area contributed by atoms with Crippen molar-refractivity contribution in [1.29, 1.82) is 0 Å². The van der Waals surface area contributed by atoms with Crippen LogP contribution < -0.4 is 5.73 Å². The first-order valence-electron chi connectivity index (χ1n) is 6.05. The summed E-state index contributed by atoms with van der Waals surface area (Å²) >= 11 is 1.65. The lowest BCUT2D eigenvalue weighted by atomic mass is 9.82. The number of rotatable bonds is 0. The van der Waals surface area contributed by atoms with Crippen LogP contribution in [0.2, 0.25) is 0 Å². The minimum Gasteiger partial charge on any atom is -0.490 e. The van der Waals surface area contributed by atoms with E-state index in [0.29, 0.717) is 23.1 Å². The molecule has 3 aliphatic rings. The van der Waals surface area contributed by atoms with Crippen molar-refractivity contribution < 1.29 is 4.74 Å². The first kappa shape index (κ1) is 9.71. The van der Waals surface area contributed by atoms with Crippen LogP contribution >= 0.6 is 11.3 Å². The maximum absolute atomic E-state index is 5.82. The van der Waals surface area contributed by atoms with Gasteiger partial charge in [-0.1, -0.05) is 6.08 Å². The highest BCUT2D eigenvalue weighted by molar-refractivity contribution is 7.15. The summed E-state index contributed by atoms with van der Waals surface area (Å²) in [5, 5.41) is 0.706. The van der Waals surface area contributed by atoms with Crippen LogP contribution in [0, 0.1) is 5.92 Å². The van der Waals surface area contributed by atoms with Gasteiger partial charge in [0.25, 0.3) is 0 Å². The van der Waals surface area contributed by atoms with Crippen molar-refractivity contribution in [1.82, 2.24) is 4.98 Å². The lowest BCUT2D eigenvalue weighted by Gasteiger charge is -2.21. The van der Waals surface area contributed by atoms with Crippen molar-refractivity contribution in [2.45, 2.75) is 31.8 Å². The van der Waals surface area contributed by atoms with Gasteiger partial charge < -0.3 is 10.5 Å². The van der Waals surface area contributed by atoms with E-state index in [4.69, 9.17) is 10.5 Å². The van der Waals surface area contributed by atoms with Gasteiger partial charge in [0.05, 0.1) is 11.8 Å². The molecule has 88 valence electrons. The molecule has 1 aliphatic heterocycles. The lowest BCUT2D eigenvalue weighted by Crippen LogP contribution is -2.13. The molecule has 0 aromatic carbocycles. The third-order valence-electron chi connectivity index (χ3n) is 3.95. The molecule has 17 heavy (non-hydrogen) atoms. The maximum atomic E-state index is 5.82. The van der Waals surface area contributed by atoms with E-state index in [-0.39, 0.29) is 0 Å². The van der Waals surface area contributed by atoms with E-state index in [2.05, 4.69) is 24.1 Å². The summed E-state index contributed by atoms with van der Waals surface area (Å²) in [5.74, 6) is 2.13. The Hall–Kier alpha value is -1.29. The summed E-state index contributed by atoms with van der Waals surface area (Å²) in [5.41, 5.74) is 8.49. The van der Waals surface area contributed by atoms with Crippen molar-refractivity contribution in [3.8, 4) is 0 Å². The Morgan fingerprint density at radius 2 is 2.35 bits per heavy atom. The second kappa shape index (κ2) is 3.13. The SMILES string of the molecule is CC1CC2=C(C=CC3c4nc(N)sc4CC23)O1. The number of ether oxygens (including phenoxy) is 1. The lowest BCUT2D eigenvalue weighted by molar-refractivity contribution is 0.169. The molecule has 2 N–H and O–H groups in total. The highest BCUT2D eigenvalue weighted by Gasteiger charge is 2.41. The number of hydrogen-bond acceptors (Lipinski definition) is 4. The summed E-state index contributed by atoms with van der Waals surface area (Å²) in [7, 11) is 0. The molecule has 3 atom stereocenters. The van der Waals surface area contributed by atoms with Gasteiger partial charge in [-0.05, 0) is 25.0 Å². The number of nitrogen functional groups attached to an aromatic ring is 1. The first-order chi connectivity index (χ1) is 8.22. The predicted octanol–water partition coefficient (Wildman–Crippen LogP) is 2.61. The van der Waals surface area contributed by atoms with Crippen molar-refractivity contribution in [3.63, 3.8) is 0 Å². The van der Waals surface area contributed by atoms with Crippen LogP contribution in [0.25, 0.3) is 0 Å². The quantitative estimate of drug-likeness (QED) is 0.765. The molecule has 2 heterocycles. The number of nitrogens with zero attached hydrogens (tertiary/aromatic N) is 1. The van der Waals surface area contributed by atoms with Crippen LogP contribution in [0.15, 0.2) is 23.5 Å². The summed E-state index contributed by atoms with van der Waals surface area (Å²) in [6.45, 7) is 2.14. The Balaban J connectivity index is 1.76. The molecule has 4 rings (SSSR count). The molecular formula is C13H14N2OS. The van der Waals surface area contributed by atoms with E-state index in [0.717, 1.165) is 18.6 Å². The summed E-state index contributed by atoms with van der Waals surface area (Å²) < 4.78 is 5.82. The van der Waals surface area contributed by atoms with E-state index in [1.807, 2.05) is 0 Å². The average molecular weight is 246 g/mol. The van der Waals surface area contributed by atoms with Gasteiger partial charge in [-0.15, -0.1) is 11.3 Å². The fourth-order valence-electron chi connectivity index (χ4n) is 3.29. The van der Waals surface area contributed by atoms with Crippen molar-refractivity contribution >= 4 is 16.5 Å². The highest BCUT2D eigenvalue weighted by atomic mass is 32.1. The average Bonchev–Trinajstić information content (AvgIpc) is 2.88. The zero-order chi connectivity index (χ0) is 11.6. The molecule has 0 bridgehead atoms. The molecule has 3 unspecified atom stereocenters. The Bertz CT molecular complexity index is 558. The Labute approximate surface area is 104 Å². The molecule has 0 fully saturated rings. The van der Waals surface area contributed by atoms with Gasteiger partial charge in [-0.25, -0.2) is 4.98 Å². The van der Waals surface area contributed by atoms with E-state index in [1.54, 1.807) is 11.3 Å². The van der Waals surface area contributed by atoms with Crippen LogP contribution in [0.5, 0.6) is 0 Å². The topological polar surface area (TPSA) is 48.1 Å². The Morgan fingerprint density at radius 3 is 3.24 bits per heavy atom. The molecular weight excluding hydrogens is 232 g/mol. The number of aromatic nitrogens is 1. The van der Waals surface area contributed by atoms with Gasteiger partial charge in [0.2, 0.25) is 0 Å². The first-order valence-corrected chi connectivity index (χ1v) is 6.87. The summed E-state index contributed by atoms with van der Waals surface area (Å²) in [4.78, 5) is 5.86. The molecule has 1 aromatic heterocycles. The number of anilines is 1. The van der Waals surface area contributed by atoms with Crippen LogP contribution in [0.3, 0.4) is 0 Å². The van der Waals surface area contributed by atoms with Crippen molar-refractivity contribution in [2.24, 2.45) is 5.92 Å². The van der Waals surface area contributed by atoms with E-state index >= 15 is 0 Å². The fourth-order valence-corrected chi connectivity index (χ4v) is 4.23. The summed E-state index contributed by atoms with van der Waals surface area (Å²) in [6, 6.07) is 0. The zero-order valence-electron chi connectivity index (χ0n) is 9.64. The molecule has 2 aliphatic carbocycles. The van der Waals surface area contributed by atoms with Crippen LogP contribution in [0.4, 0.5) is 5.13 Å². The van der Waals surface area contributed by atoms with Crippen LogP contribution in [0.1, 0.15) is 29.8 Å². The van der Waals surface area contributed by atoms with Crippen molar-refractivity contribution in [3.05, 3.63) is 34.1 Å². The number of hydrogen-bond donors (Lipinski definition) is 1. The molecule has 0 radical (unpaired) electrons. The number of fused-ring (bicyclic) bond motifs is 4. The normalized spacial score (nSPS) is 33.4. The smallest absolute Gasteiger partial charge is 0.180 e. The molecule has 1 aromatic rings. The maximum Gasteiger partial charge on any atom is 0.180 e. The van der Waals surface area contributed by atoms with E-state index in [1.165, 1.54) is 16.1 Å². The molecule has 4 heteroatoms. The van der Waals surface area contributed by atoms with Gasteiger partial charge >= 0.3 is 0 Å². The van der Waals surface area contributed by atoms with Gasteiger partial charge in [0, 0.05) is 23.1 Å². The fraction of sp³-hybridized carbons (Fsp3) is 0.462. The minimum absolute atomic E-state index is 0.333. The zero-order valence-corrected chi connectivity index (χ0v) is 10.5. The third-order valence-corrected chi connectivity index (χ3v) is 4.88. The number of thiazole rings is 1. The van der Waals surface area contributed by atoms with Gasteiger partial charge in [-0.3, -0.25) is 0 Å². The minimum atomic E-state index is 0.333. The highest BCUT2D eigenvalue weighted by Crippen LogP contribution is 2.51.